The molecule has 3 rings (SSSR count). The minimum atomic E-state index is 0.0390. The topological polar surface area (TPSA) is 40.5 Å². The fourth-order valence-electron chi connectivity index (χ4n) is 4.45. The van der Waals surface area contributed by atoms with Gasteiger partial charge in [-0.2, -0.15) is 0 Å². The second kappa shape index (κ2) is 8.23. The van der Waals surface area contributed by atoms with E-state index in [-0.39, 0.29) is 11.5 Å². The highest BCUT2D eigenvalue weighted by molar-refractivity contribution is 5.49. The Balaban J connectivity index is 1.46. The summed E-state index contributed by atoms with van der Waals surface area (Å²) in [6, 6.07) is 3.69. The summed E-state index contributed by atoms with van der Waals surface area (Å²) in [6.07, 6.45) is 17.7. The largest absolute Gasteiger partial charge is 0.504 e. The molecule has 0 bridgehead atoms. The van der Waals surface area contributed by atoms with Crippen molar-refractivity contribution in [1.82, 2.24) is 0 Å². The number of phenolic OH excluding ortho intramolecular Hbond substituents is 2. The van der Waals surface area contributed by atoms with E-state index >= 15 is 0 Å². The number of hydrogen-bond donors (Lipinski definition) is 2. The summed E-state index contributed by atoms with van der Waals surface area (Å²) in [6.45, 7) is 4.73. The molecule has 0 amide bonds. The number of aromatic hydroxyl groups is 2. The van der Waals surface area contributed by atoms with Gasteiger partial charge in [-0.25, -0.2) is 0 Å². The molecule has 0 saturated heterocycles. The first-order valence-corrected chi connectivity index (χ1v) is 11.0. The minimum Gasteiger partial charge on any atom is -0.504 e. The molecule has 1 aromatic rings. The second-order valence-electron chi connectivity index (χ2n) is 9.50. The third kappa shape index (κ3) is 5.18. The number of benzene rings is 1. The molecule has 2 aliphatic rings. The predicted octanol–water partition coefficient (Wildman–Crippen LogP) is 6.90. The van der Waals surface area contributed by atoms with E-state index in [0.29, 0.717) is 10.8 Å². The molecule has 0 unspecified atom stereocenters. The van der Waals surface area contributed by atoms with Crippen LogP contribution in [0.2, 0.25) is 0 Å². The lowest BCUT2D eigenvalue weighted by atomic mass is 9.92. The van der Waals surface area contributed by atoms with E-state index in [4.69, 9.17) is 0 Å². The van der Waals surface area contributed by atoms with Crippen LogP contribution in [0.5, 0.6) is 11.5 Å². The third-order valence-electron chi connectivity index (χ3n) is 7.28. The number of hydrogen-bond acceptors (Lipinski definition) is 2. The molecular formula is C24H38O2. The van der Waals surface area contributed by atoms with Crippen molar-refractivity contribution in [2.45, 2.75) is 104 Å². The van der Waals surface area contributed by atoms with Gasteiger partial charge in [-0.1, -0.05) is 45.6 Å². The van der Waals surface area contributed by atoms with E-state index in [2.05, 4.69) is 13.8 Å². The van der Waals surface area contributed by atoms with Crippen molar-refractivity contribution in [3.05, 3.63) is 23.3 Å². The average molecular weight is 359 g/mol. The van der Waals surface area contributed by atoms with Crippen LogP contribution in [-0.4, -0.2) is 10.2 Å². The third-order valence-corrected chi connectivity index (χ3v) is 7.28. The second-order valence-corrected chi connectivity index (χ2v) is 9.50. The normalized spacial score (nSPS) is 19.5. The van der Waals surface area contributed by atoms with Crippen LogP contribution in [0.3, 0.4) is 0 Å². The molecule has 2 fully saturated rings. The summed E-state index contributed by atoms with van der Waals surface area (Å²) in [5.41, 5.74) is 3.57. The Bertz CT molecular complexity index is 596. The first-order valence-electron chi connectivity index (χ1n) is 11.0. The number of phenols is 2. The van der Waals surface area contributed by atoms with Crippen molar-refractivity contribution < 1.29 is 10.2 Å². The lowest BCUT2D eigenvalue weighted by Crippen LogP contribution is -2.00. The van der Waals surface area contributed by atoms with E-state index < -0.39 is 0 Å². The first kappa shape index (κ1) is 19.6. The monoisotopic (exact) mass is 358 g/mol. The zero-order valence-electron chi connectivity index (χ0n) is 16.9. The number of unbranched alkanes of at least 4 members (excludes halogenated alkanes) is 3. The zero-order valence-corrected chi connectivity index (χ0v) is 16.9. The van der Waals surface area contributed by atoms with Crippen molar-refractivity contribution in [1.29, 1.82) is 0 Å². The van der Waals surface area contributed by atoms with E-state index in [9.17, 15) is 10.2 Å². The maximum Gasteiger partial charge on any atom is 0.160 e. The number of aryl methyl sites for hydroxylation is 1. The Hall–Kier alpha value is -1.18. The van der Waals surface area contributed by atoms with E-state index in [1.54, 1.807) is 6.07 Å². The van der Waals surface area contributed by atoms with Gasteiger partial charge < -0.3 is 10.2 Å². The fraction of sp³-hybridized carbons (Fsp3) is 0.750. The Morgan fingerprint density at radius 3 is 2.19 bits per heavy atom. The molecule has 26 heavy (non-hydrogen) atoms. The van der Waals surface area contributed by atoms with Crippen LogP contribution in [0.1, 0.15) is 102 Å². The van der Waals surface area contributed by atoms with Crippen LogP contribution in [0.25, 0.3) is 0 Å². The maximum absolute atomic E-state index is 10.4. The molecule has 146 valence electrons. The molecule has 0 aliphatic heterocycles. The molecule has 0 aromatic heterocycles. The van der Waals surface area contributed by atoms with Crippen LogP contribution in [0.4, 0.5) is 0 Å². The molecule has 2 heteroatoms. The summed E-state index contributed by atoms with van der Waals surface area (Å²) in [4.78, 5) is 0. The van der Waals surface area contributed by atoms with Gasteiger partial charge in [0.15, 0.2) is 11.5 Å². The molecule has 0 radical (unpaired) electrons. The SMILES string of the molecule is CCC1(CCCCc2ccc(O)c(O)c2CCCCCC2(C)CC2)CC1. The van der Waals surface area contributed by atoms with Gasteiger partial charge in [-0.3, -0.25) is 0 Å². The Morgan fingerprint density at radius 1 is 0.846 bits per heavy atom. The fourth-order valence-corrected chi connectivity index (χ4v) is 4.45. The van der Waals surface area contributed by atoms with Gasteiger partial charge >= 0.3 is 0 Å². The lowest BCUT2D eigenvalue weighted by Gasteiger charge is -2.15. The van der Waals surface area contributed by atoms with Crippen molar-refractivity contribution >= 4 is 0 Å². The van der Waals surface area contributed by atoms with Gasteiger partial charge in [-0.05, 0) is 86.7 Å². The van der Waals surface area contributed by atoms with E-state index in [1.807, 2.05) is 6.07 Å². The highest BCUT2D eigenvalue weighted by Crippen LogP contribution is 2.52. The molecule has 2 aliphatic carbocycles. The zero-order chi connectivity index (χ0) is 18.6. The Morgan fingerprint density at radius 2 is 1.54 bits per heavy atom. The lowest BCUT2D eigenvalue weighted by molar-refractivity contribution is 0.396. The van der Waals surface area contributed by atoms with Gasteiger partial charge in [0.05, 0.1) is 0 Å². The molecule has 0 heterocycles. The molecule has 2 nitrogen and oxygen atoms in total. The van der Waals surface area contributed by atoms with Gasteiger partial charge in [-0.15, -0.1) is 0 Å². The van der Waals surface area contributed by atoms with Gasteiger partial charge in [0.25, 0.3) is 0 Å². The highest BCUT2D eigenvalue weighted by Gasteiger charge is 2.39. The molecule has 2 N–H and O–H groups in total. The van der Waals surface area contributed by atoms with Crippen LogP contribution in [0, 0.1) is 10.8 Å². The van der Waals surface area contributed by atoms with Crippen molar-refractivity contribution in [2.24, 2.45) is 10.8 Å². The summed E-state index contributed by atoms with van der Waals surface area (Å²) in [5.74, 6) is 0.168. The van der Waals surface area contributed by atoms with Crippen LogP contribution >= 0.6 is 0 Å². The van der Waals surface area contributed by atoms with Crippen LogP contribution in [-0.2, 0) is 12.8 Å². The summed E-state index contributed by atoms with van der Waals surface area (Å²) in [7, 11) is 0. The summed E-state index contributed by atoms with van der Waals surface area (Å²) < 4.78 is 0. The van der Waals surface area contributed by atoms with Gasteiger partial charge in [0.1, 0.15) is 0 Å². The minimum absolute atomic E-state index is 0.0390. The smallest absolute Gasteiger partial charge is 0.160 e. The molecule has 0 spiro atoms. The van der Waals surface area contributed by atoms with Gasteiger partial charge in [0, 0.05) is 5.56 Å². The molecular weight excluding hydrogens is 320 g/mol. The average Bonchev–Trinajstić information content (AvgIpc) is 3.55. The van der Waals surface area contributed by atoms with E-state index in [1.165, 1.54) is 76.2 Å². The number of rotatable bonds is 12. The van der Waals surface area contributed by atoms with Crippen molar-refractivity contribution in [3.63, 3.8) is 0 Å². The molecule has 2 saturated carbocycles. The predicted molar refractivity (Wildman–Crippen MR) is 109 cm³/mol. The molecule has 1 aromatic carbocycles. The van der Waals surface area contributed by atoms with Gasteiger partial charge in [0.2, 0.25) is 0 Å². The molecule has 0 atom stereocenters. The quantitative estimate of drug-likeness (QED) is 0.315. The standard InChI is InChI=1S/C24H38O2/c1-3-24(17-18-24)14-8-6-9-19-11-12-21(25)22(26)20(19)10-5-4-7-13-23(2)15-16-23/h11-12,25-26H,3-10,13-18H2,1-2H3. The summed E-state index contributed by atoms with van der Waals surface area (Å²) in [5, 5.41) is 20.3. The van der Waals surface area contributed by atoms with Crippen LogP contribution in [0.15, 0.2) is 12.1 Å². The maximum atomic E-state index is 10.4. The highest BCUT2D eigenvalue weighted by atomic mass is 16.3. The van der Waals surface area contributed by atoms with E-state index in [0.717, 1.165) is 24.8 Å². The van der Waals surface area contributed by atoms with Crippen LogP contribution < -0.4 is 0 Å². The first-order chi connectivity index (χ1) is 12.5. The van der Waals surface area contributed by atoms with Crippen molar-refractivity contribution in [2.75, 3.05) is 0 Å². The Kier molecular flexibility index (Phi) is 6.20. The summed E-state index contributed by atoms with van der Waals surface area (Å²) >= 11 is 0. The Labute approximate surface area is 160 Å². The van der Waals surface area contributed by atoms with Crippen molar-refractivity contribution in [3.8, 4) is 11.5 Å².